The first kappa shape index (κ1) is 15.5. The van der Waals surface area contributed by atoms with Gasteiger partial charge in [-0.3, -0.25) is 4.79 Å². The highest BCUT2D eigenvalue weighted by Crippen LogP contribution is 2.20. The highest BCUT2D eigenvalue weighted by atomic mass is 35.5. The molecule has 0 fully saturated rings. The van der Waals surface area contributed by atoms with Gasteiger partial charge in [0.1, 0.15) is 6.04 Å². The molecule has 1 aromatic rings. The van der Waals surface area contributed by atoms with E-state index in [0.717, 1.165) is 5.56 Å². The normalized spacial score (nSPS) is 12.3. The SMILES string of the molecule is Cc1cccc(C(=O)N[C@H](CC(C)C)C(=O)O)c1Cl. The van der Waals surface area contributed by atoms with Gasteiger partial charge in [-0.15, -0.1) is 0 Å². The molecule has 0 spiro atoms. The molecule has 1 amide bonds. The van der Waals surface area contributed by atoms with Crippen molar-refractivity contribution in [2.24, 2.45) is 5.92 Å². The molecule has 2 N–H and O–H groups in total. The van der Waals surface area contributed by atoms with E-state index in [1.54, 1.807) is 25.1 Å². The van der Waals surface area contributed by atoms with Crippen molar-refractivity contribution in [2.45, 2.75) is 33.2 Å². The highest BCUT2D eigenvalue weighted by molar-refractivity contribution is 6.34. The van der Waals surface area contributed by atoms with Crippen LogP contribution in [0.4, 0.5) is 0 Å². The van der Waals surface area contributed by atoms with E-state index >= 15 is 0 Å². The van der Waals surface area contributed by atoms with Gasteiger partial charge in [0, 0.05) is 0 Å². The average Bonchev–Trinajstić information content (AvgIpc) is 2.31. The van der Waals surface area contributed by atoms with Crippen LogP contribution in [0.3, 0.4) is 0 Å². The van der Waals surface area contributed by atoms with Crippen molar-refractivity contribution < 1.29 is 14.7 Å². The number of hydrogen-bond donors (Lipinski definition) is 2. The Morgan fingerprint density at radius 3 is 2.53 bits per heavy atom. The number of amides is 1. The van der Waals surface area contributed by atoms with Gasteiger partial charge in [0.25, 0.3) is 5.91 Å². The molecule has 0 aliphatic rings. The summed E-state index contributed by atoms with van der Waals surface area (Å²) in [5.74, 6) is -1.32. The van der Waals surface area contributed by atoms with E-state index in [9.17, 15) is 9.59 Å². The summed E-state index contributed by atoms with van der Waals surface area (Å²) in [6.07, 6.45) is 0.379. The number of carbonyl (C=O) groups excluding carboxylic acids is 1. The number of rotatable bonds is 5. The Balaban J connectivity index is 2.88. The van der Waals surface area contributed by atoms with Crippen LogP contribution in [0.15, 0.2) is 18.2 Å². The van der Waals surface area contributed by atoms with Crippen molar-refractivity contribution in [3.63, 3.8) is 0 Å². The molecule has 0 aliphatic heterocycles. The fourth-order valence-corrected chi connectivity index (χ4v) is 1.96. The molecule has 1 atom stereocenters. The molecule has 0 heterocycles. The molecular weight excluding hydrogens is 266 g/mol. The quantitative estimate of drug-likeness (QED) is 0.873. The molecular formula is C14H18ClNO3. The summed E-state index contributed by atoms with van der Waals surface area (Å²) >= 11 is 6.05. The predicted octanol–water partition coefficient (Wildman–Crippen LogP) is 2.88. The van der Waals surface area contributed by atoms with Gasteiger partial charge >= 0.3 is 5.97 Å². The van der Waals surface area contributed by atoms with Crippen molar-refractivity contribution in [2.75, 3.05) is 0 Å². The van der Waals surface area contributed by atoms with Gasteiger partial charge in [0.05, 0.1) is 10.6 Å². The Kier molecular flexibility index (Phi) is 5.36. The predicted molar refractivity (Wildman–Crippen MR) is 74.5 cm³/mol. The molecule has 0 saturated carbocycles. The molecule has 0 aliphatic carbocycles. The van der Waals surface area contributed by atoms with Gasteiger partial charge in [0.15, 0.2) is 0 Å². The van der Waals surface area contributed by atoms with E-state index in [2.05, 4.69) is 5.32 Å². The summed E-state index contributed by atoms with van der Waals surface area (Å²) in [7, 11) is 0. The molecule has 0 aromatic heterocycles. The Labute approximate surface area is 117 Å². The summed E-state index contributed by atoms with van der Waals surface area (Å²) in [4.78, 5) is 23.2. The zero-order valence-electron chi connectivity index (χ0n) is 11.2. The second kappa shape index (κ2) is 6.57. The Hall–Kier alpha value is -1.55. The number of aliphatic carboxylic acids is 1. The lowest BCUT2D eigenvalue weighted by atomic mass is 10.0. The Morgan fingerprint density at radius 2 is 2.00 bits per heavy atom. The van der Waals surface area contributed by atoms with Gasteiger partial charge in [-0.2, -0.15) is 0 Å². The third-order valence-corrected chi connectivity index (χ3v) is 3.25. The van der Waals surface area contributed by atoms with Crippen LogP contribution >= 0.6 is 11.6 Å². The van der Waals surface area contributed by atoms with Crippen LogP contribution in [0.25, 0.3) is 0 Å². The number of carboxylic acids is 1. The number of benzene rings is 1. The molecule has 1 rings (SSSR count). The van der Waals surface area contributed by atoms with Crippen molar-refractivity contribution in [1.82, 2.24) is 5.32 Å². The standard InChI is InChI=1S/C14H18ClNO3/c1-8(2)7-11(14(18)19)16-13(17)10-6-4-5-9(3)12(10)15/h4-6,8,11H,7H2,1-3H3,(H,16,17)(H,18,19)/t11-/m1/s1. The second-order valence-corrected chi connectivity index (χ2v) is 5.31. The van der Waals surface area contributed by atoms with Crippen LogP contribution in [0.1, 0.15) is 36.2 Å². The molecule has 5 heteroatoms. The number of aryl methyl sites for hydroxylation is 1. The first-order valence-corrected chi connectivity index (χ1v) is 6.49. The summed E-state index contributed by atoms with van der Waals surface area (Å²) in [5.41, 5.74) is 1.08. The molecule has 1 aromatic carbocycles. The third kappa shape index (κ3) is 4.24. The van der Waals surface area contributed by atoms with Gasteiger partial charge in [-0.05, 0) is 30.9 Å². The van der Waals surface area contributed by atoms with Crippen molar-refractivity contribution in [3.05, 3.63) is 34.3 Å². The number of halogens is 1. The van der Waals surface area contributed by atoms with Crippen molar-refractivity contribution in [3.8, 4) is 0 Å². The number of nitrogens with one attached hydrogen (secondary N) is 1. The highest BCUT2D eigenvalue weighted by Gasteiger charge is 2.22. The van der Waals surface area contributed by atoms with E-state index in [4.69, 9.17) is 16.7 Å². The number of hydrogen-bond acceptors (Lipinski definition) is 2. The van der Waals surface area contributed by atoms with Gasteiger partial charge in [-0.1, -0.05) is 37.6 Å². The number of carbonyl (C=O) groups is 2. The summed E-state index contributed by atoms with van der Waals surface area (Å²) in [5, 5.41) is 12.0. The lowest BCUT2D eigenvalue weighted by molar-refractivity contribution is -0.139. The molecule has 0 bridgehead atoms. The fraction of sp³-hybridized carbons (Fsp3) is 0.429. The molecule has 104 valence electrons. The van der Waals surface area contributed by atoms with Crippen LogP contribution in [0, 0.1) is 12.8 Å². The first-order chi connectivity index (χ1) is 8.82. The molecule has 0 unspecified atom stereocenters. The van der Waals surface area contributed by atoms with E-state index in [1.165, 1.54) is 0 Å². The lowest BCUT2D eigenvalue weighted by Gasteiger charge is -2.17. The van der Waals surface area contributed by atoms with Crippen LogP contribution in [0.2, 0.25) is 5.02 Å². The summed E-state index contributed by atoms with van der Waals surface area (Å²) in [6, 6.07) is 4.19. The third-order valence-electron chi connectivity index (χ3n) is 2.75. The lowest BCUT2D eigenvalue weighted by Crippen LogP contribution is -2.41. The average molecular weight is 284 g/mol. The maximum Gasteiger partial charge on any atom is 0.326 e. The van der Waals surface area contributed by atoms with E-state index in [0.29, 0.717) is 17.0 Å². The smallest absolute Gasteiger partial charge is 0.326 e. The van der Waals surface area contributed by atoms with Gasteiger partial charge in [0.2, 0.25) is 0 Å². The first-order valence-electron chi connectivity index (χ1n) is 6.11. The van der Waals surface area contributed by atoms with Crippen molar-refractivity contribution in [1.29, 1.82) is 0 Å². The molecule has 0 radical (unpaired) electrons. The maximum atomic E-state index is 12.1. The minimum atomic E-state index is -1.04. The van der Waals surface area contributed by atoms with E-state index in [1.807, 2.05) is 13.8 Å². The maximum absolute atomic E-state index is 12.1. The zero-order chi connectivity index (χ0) is 14.6. The molecule has 0 saturated heterocycles. The van der Waals surface area contributed by atoms with Gasteiger partial charge < -0.3 is 10.4 Å². The topological polar surface area (TPSA) is 66.4 Å². The second-order valence-electron chi connectivity index (χ2n) is 4.93. The molecule has 4 nitrogen and oxygen atoms in total. The minimum absolute atomic E-state index is 0.175. The van der Waals surface area contributed by atoms with Crippen LogP contribution in [0.5, 0.6) is 0 Å². The van der Waals surface area contributed by atoms with Crippen LogP contribution in [-0.4, -0.2) is 23.0 Å². The zero-order valence-corrected chi connectivity index (χ0v) is 12.0. The monoisotopic (exact) mass is 283 g/mol. The number of carboxylic acid groups (broad SMARTS) is 1. The van der Waals surface area contributed by atoms with E-state index in [-0.39, 0.29) is 5.92 Å². The summed E-state index contributed by atoms with van der Waals surface area (Å²) in [6.45, 7) is 5.60. The van der Waals surface area contributed by atoms with Crippen LogP contribution < -0.4 is 5.32 Å². The fourth-order valence-electron chi connectivity index (χ4n) is 1.75. The summed E-state index contributed by atoms with van der Waals surface area (Å²) < 4.78 is 0. The Bertz CT molecular complexity index is 486. The molecule has 19 heavy (non-hydrogen) atoms. The largest absolute Gasteiger partial charge is 0.480 e. The minimum Gasteiger partial charge on any atom is -0.480 e. The van der Waals surface area contributed by atoms with Crippen LogP contribution in [-0.2, 0) is 4.79 Å². The van der Waals surface area contributed by atoms with E-state index < -0.39 is 17.9 Å². The van der Waals surface area contributed by atoms with Crippen molar-refractivity contribution >= 4 is 23.5 Å². The Morgan fingerprint density at radius 1 is 1.37 bits per heavy atom. The van der Waals surface area contributed by atoms with Gasteiger partial charge in [-0.25, -0.2) is 4.79 Å².